The Morgan fingerprint density at radius 1 is 1.11 bits per heavy atom. The van der Waals surface area contributed by atoms with Gasteiger partial charge in [-0.3, -0.25) is 0 Å². The van der Waals surface area contributed by atoms with E-state index in [1.54, 1.807) is 0 Å². The smallest absolute Gasteiger partial charge is 0.0977 e. The second-order valence-corrected chi connectivity index (χ2v) is 6.09. The number of H-pyrrole nitrogens is 1. The van der Waals surface area contributed by atoms with Gasteiger partial charge < -0.3 is 4.98 Å². The lowest BCUT2D eigenvalue weighted by Gasteiger charge is -2.09. The number of benzene rings is 1. The van der Waals surface area contributed by atoms with Crippen LogP contribution >= 0.6 is 11.8 Å². The molecule has 0 aliphatic carbocycles. The summed E-state index contributed by atoms with van der Waals surface area (Å²) in [6.45, 7) is 4.35. The van der Waals surface area contributed by atoms with Crippen molar-refractivity contribution in [2.75, 3.05) is 0 Å². The van der Waals surface area contributed by atoms with Gasteiger partial charge in [-0.2, -0.15) is 5.26 Å². The van der Waals surface area contributed by atoms with Crippen molar-refractivity contribution in [2.45, 2.75) is 29.9 Å². The van der Waals surface area contributed by atoms with Gasteiger partial charge >= 0.3 is 0 Å². The summed E-state index contributed by atoms with van der Waals surface area (Å²) in [6.07, 6.45) is 3.73. The number of thioether (sulfide) groups is 1. The summed E-state index contributed by atoms with van der Waals surface area (Å²) in [5.41, 5.74) is 2.06. The highest BCUT2D eigenvalue weighted by atomic mass is 32.2. The Kier molecular flexibility index (Phi) is 4.11. The SMILES string of the molecule is CC(C)Sc1ccc(C(C#N)c2cc[nH]c2)cc1. The lowest BCUT2D eigenvalue weighted by atomic mass is 9.95. The molecule has 92 valence electrons. The van der Waals surface area contributed by atoms with Gasteiger partial charge in [-0.25, -0.2) is 0 Å². The molecule has 0 saturated heterocycles. The van der Waals surface area contributed by atoms with Crippen LogP contribution in [0.3, 0.4) is 0 Å². The zero-order valence-corrected chi connectivity index (χ0v) is 11.4. The van der Waals surface area contributed by atoms with E-state index >= 15 is 0 Å². The maximum absolute atomic E-state index is 9.30. The molecule has 1 aromatic heterocycles. The van der Waals surface area contributed by atoms with Gasteiger partial charge in [0.1, 0.15) is 0 Å². The molecule has 0 aliphatic heterocycles. The zero-order valence-electron chi connectivity index (χ0n) is 10.6. The van der Waals surface area contributed by atoms with Gasteiger partial charge in [0.15, 0.2) is 0 Å². The minimum atomic E-state index is -0.186. The second kappa shape index (κ2) is 5.79. The molecule has 2 aromatic rings. The standard InChI is InChI=1S/C15H16N2S/c1-11(2)18-14-5-3-12(4-6-14)15(9-16)13-7-8-17-10-13/h3-8,10-11,15,17H,1-2H3. The molecule has 0 fully saturated rings. The largest absolute Gasteiger partial charge is 0.367 e. The number of aromatic nitrogens is 1. The van der Waals surface area contributed by atoms with Crippen molar-refractivity contribution in [3.63, 3.8) is 0 Å². The first-order valence-corrected chi connectivity index (χ1v) is 6.87. The van der Waals surface area contributed by atoms with Gasteiger partial charge in [-0.05, 0) is 29.3 Å². The predicted octanol–water partition coefficient (Wildman–Crippen LogP) is 4.17. The first-order chi connectivity index (χ1) is 8.70. The Balaban J connectivity index is 2.21. The van der Waals surface area contributed by atoms with E-state index < -0.39 is 0 Å². The summed E-state index contributed by atoms with van der Waals surface area (Å²) in [5, 5.41) is 9.87. The summed E-state index contributed by atoms with van der Waals surface area (Å²) in [7, 11) is 0. The fourth-order valence-corrected chi connectivity index (χ4v) is 2.71. The number of nitrogens with zero attached hydrogens (tertiary/aromatic N) is 1. The minimum Gasteiger partial charge on any atom is -0.367 e. The minimum absolute atomic E-state index is 0.186. The highest BCUT2D eigenvalue weighted by molar-refractivity contribution is 7.99. The molecule has 1 atom stereocenters. The maximum Gasteiger partial charge on any atom is 0.0977 e. The number of hydrogen-bond donors (Lipinski definition) is 1. The quantitative estimate of drug-likeness (QED) is 0.834. The van der Waals surface area contributed by atoms with Crippen molar-refractivity contribution in [1.82, 2.24) is 4.98 Å². The van der Waals surface area contributed by atoms with E-state index in [-0.39, 0.29) is 5.92 Å². The van der Waals surface area contributed by atoms with Crippen LogP contribution in [0.15, 0.2) is 47.6 Å². The van der Waals surface area contributed by atoms with Gasteiger partial charge in [0.05, 0.1) is 12.0 Å². The van der Waals surface area contributed by atoms with Crippen LogP contribution in [0.5, 0.6) is 0 Å². The van der Waals surface area contributed by atoms with E-state index in [9.17, 15) is 5.26 Å². The Morgan fingerprint density at radius 2 is 1.83 bits per heavy atom. The fourth-order valence-electron chi connectivity index (χ4n) is 1.87. The maximum atomic E-state index is 9.30. The number of nitrogens with one attached hydrogen (secondary N) is 1. The average Bonchev–Trinajstić information content (AvgIpc) is 2.85. The van der Waals surface area contributed by atoms with Crippen LogP contribution in [-0.2, 0) is 0 Å². The summed E-state index contributed by atoms with van der Waals surface area (Å²) in [6, 6.07) is 12.6. The van der Waals surface area contributed by atoms with Gasteiger partial charge in [-0.15, -0.1) is 11.8 Å². The molecule has 1 N–H and O–H groups in total. The van der Waals surface area contributed by atoms with E-state index in [0.717, 1.165) is 11.1 Å². The number of aromatic amines is 1. The summed E-state index contributed by atoms with van der Waals surface area (Å²) >= 11 is 1.83. The molecule has 2 nitrogen and oxygen atoms in total. The van der Waals surface area contributed by atoms with Crippen molar-refractivity contribution in [3.05, 3.63) is 53.9 Å². The zero-order chi connectivity index (χ0) is 13.0. The molecule has 0 amide bonds. The molecule has 0 radical (unpaired) electrons. The van der Waals surface area contributed by atoms with Crippen LogP contribution in [-0.4, -0.2) is 10.2 Å². The first kappa shape index (κ1) is 12.8. The molecule has 2 rings (SSSR count). The Bertz CT molecular complexity index is 521. The number of nitriles is 1. The number of rotatable bonds is 4. The molecular formula is C15H16N2S. The van der Waals surface area contributed by atoms with Gasteiger partial charge in [-0.1, -0.05) is 26.0 Å². The van der Waals surface area contributed by atoms with E-state index in [1.165, 1.54) is 4.90 Å². The van der Waals surface area contributed by atoms with E-state index in [1.807, 2.05) is 42.4 Å². The third-order valence-corrected chi connectivity index (χ3v) is 3.69. The summed E-state index contributed by atoms with van der Waals surface area (Å²) in [5.74, 6) is -0.186. The van der Waals surface area contributed by atoms with Crippen LogP contribution in [0.2, 0.25) is 0 Å². The monoisotopic (exact) mass is 256 g/mol. The van der Waals surface area contributed by atoms with E-state index in [2.05, 4.69) is 37.0 Å². The normalized spacial score (nSPS) is 12.3. The van der Waals surface area contributed by atoms with Gasteiger partial charge in [0.25, 0.3) is 0 Å². The second-order valence-electron chi connectivity index (χ2n) is 4.44. The van der Waals surface area contributed by atoms with Crippen molar-refractivity contribution < 1.29 is 0 Å². The van der Waals surface area contributed by atoms with Gasteiger partial charge in [0, 0.05) is 22.5 Å². The lowest BCUT2D eigenvalue weighted by Crippen LogP contribution is -1.96. The third kappa shape index (κ3) is 2.96. The topological polar surface area (TPSA) is 39.6 Å². The third-order valence-electron chi connectivity index (χ3n) is 2.67. The molecule has 1 unspecified atom stereocenters. The molecule has 0 spiro atoms. The number of hydrogen-bond acceptors (Lipinski definition) is 2. The van der Waals surface area contributed by atoms with Crippen molar-refractivity contribution >= 4 is 11.8 Å². The average molecular weight is 256 g/mol. The van der Waals surface area contributed by atoms with Crippen LogP contribution in [0.1, 0.15) is 30.9 Å². The molecule has 3 heteroatoms. The molecule has 1 aromatic carbocycles. The van der Waals surface area contributed by atoms with E-state index in [0.29, 0.717) is 5.25 Å². The molecular weight excluding hydrogens is 240 g/mol. The van der Waals surface area contributed by atoms with Crippen molar-refractivity contribution in [1.29, 1.82) is 5.26 Å². The predicted molar refractivity (Wildman–Crippen MR) is 75.7 cm³/mol. The molecule has 0 aliphatic rings. The molecule has 0 bridgehead atoms. The lowest BCUT2D eigenvalue weighted by molar-refractivity contribution is 1.03. The molecule has 1 heterocycles. The van der Waals surface area contributed by atoms with Gasteiger partial charge in [0.2, 0.25) is 0 Å². The van der Waals surface area contributed by atoms with Crippen molar-refractivity contribution in [3.8, 4) is 6.07 Å². The molecule has 18 heavy (non-hydrogen) atoms. The highest BCUT2D eigenvalue weighted by Crippen LogP contribution is 2.27. The highest BCUT2D eigenvalue weighted by Gasteiger charge is 2.13. The van der Waals surface area contributed by atoms with Crippen LogP contribution < -0.4 is 0 Å². The molecule has 0 saturated carbocycles. The fraction of sp³-hybridized carbons (Fsp3) is 0.267. The Hall–Kier alpha value is -1.66. The Labute approximate surface area is 112 Å². The van der Waals surface area contributed by atoms with Crippen molar-refractivity contribution in [2.24, 2.45) is 0 Å². The summed E-state index contributed by atoms with van der Waals surface area (Å²) < 4.78 is 0. The first-order valence-electron chi connectivity index (χ1n) is 5.99. The van der Waals surface area contributed by atoms with Crippen LogP contribution in [0.25, 0.3) is 0 Å². The Morgan fingerprint density at radius 3 is 2.33 bits per heavy atom. The van der Waals surface area contributed by atoms with E-state index in [4.69, 9.17) is 0 Å². The van der Waals surface area contributed by atoms with Crippen LogP contribution in [0, 0.1) is 11.3 Å². The van der Waals surface area contributed by atoms with Crippen LogP contribution in [0.4, 0.5) is 0 Å². The summed E-state index contributed by atoms with van der Waals surface area (Å²) in [4.78, 5) is 4.25.